The average molecular weight is 292 g/mol. The third-order valence-corrected chi connectivity index (χ3v) is 3.51. The molecule has 4 nitrogen and oxygen atoms in total. The highest BCUT2D eigenvalue weighted by Crippen LogP contribution is 2.16. The molecule has 0 saturated heterocycles. The quantitative estimate of drug-likeness (QED) is 0.740. The number of para-hydroxylation sites is 1. The summed E-state index contributed by atoms with van der Waals surface area (Å²) in [6.07, 6.45) is 3.37. The molecule has 1 rings (SSSR count). The molecule has 2 amide bonds. The normalized spacial score (nSPS) is 10.5. The molecule has 0 bridgehead atoms. The maximum Gasteiger partial charge on any atom is 0.317 e. The lowest BCUT2D eigenvalue weighted by molar-refractivity contribution is 0.181. The number of unbranched alkanes of at least 4 members (excludes halogenated alkanes) is 2. The number of nitrogens with one attached hydrogen (secondary N) is 1. The van der Waals surface area contributed by atoms with E-state index in [1.165, 1.54) is 0 Å². The van der Waals surface area contributed by atoms with Gasteiger partial charge in [-0.2, -0.15) is 0 Å². The van der Waals surface area contributed by atoms with Gasteiger partial charge in [-0.25, -0.2) is 4.79 Å². The Morgan fingerprint density at radius 1 is 1.29 bits per heavy atom. The lowest BCUT2D eigenvalue weighted by Crippen LogP contribution is -2.44. The van der Waals surface area contributed by atoms with Gasteiger partial charge in [0.05, 0.1) is 7.11 Å². The van der Waals surface area contributed by atoms with Crippen LogP contribution in [0, 0.1) is 0 Å². The highest BCUT2D eigenvalue weighted by atomic mass is 16.5. The summed E-state index contributed by atoms with van der Waals surface area (Å²) >= 11 is 0. The Balaban J connectivity index is 2.56. The Bertz CT molecular complexity index is 433. The van der Waals surface area contributed by atoms with Gasteiger partial charge in [-0.3, -0.25) is 0 Å². The first-order valence-corrected chi connectivity index (χ1v) is 7.76. The van der Waals surface area contributed by atoms with Crippen LogP contribution in [0.25, 0.3) is 0 Å². The largest absolute Gasteiger partial charge is 0.496 e. The number of amides is 2. The zero-order chi connectivity index (χ0) is 15.7. The van der Waals surface area contributed by atoms with Crippen LogP contribution in [0.15, 0.2) is 24.3 Å². The minimum Gasteiger partial charge on any atom is -0.496 e. The number of nitrogens with zero attached hydrogens (tertiary/aromatic N) is 1. The van der Waals surface area contributed by atoms with Crippen LogP contribution in [0.3, 0.4) is 0 Å². The molecule has 1 aromatic carbocycles. The molecule has 0 atom stereocenters. The number of ether oxygens (including phenoxy) is 1. The van der Waals surface area contributed by atoms with Gasteiger partial charge in [0.25, 0.3) is 0 Å². The van der Waals surface area contributed by atoms with E-state index in [0.717, 1.165) is 37.1 Å². The predicted octanol–water partition coefficient (Wildman–Crippen LogP) is 3.81. The summed E-state index contributed by atoms with van der Waals surface area (Å²) < 4.78 is 5.30. The number of rotatable bonds is 8. The number of hydrogen-bond acceptors (Lipinski definition) is 2. The maximum atomic E-state index is 12.3. The van der Waals surface area contributed by atoms with E-state index in [1.807, 2.05) is 29.2 Å². The van der Waals surface area contributed by atoms with Crippen molar-refractivity contribution in [1.82, 2.24) is 10.2 Å². The summed E-state index contributed by atoms with van der Waals surface area (Å²) in [6, 6.07) is 7.95. The van der Waals surface area contributed by atoms with Crippen molar-refractivity contribution < 1.29 is 9.53 Å². The van der Waals surface area contributed by atoms with E-state index >= 15 is 0 Å². The molecule has 118 valence electrons. The molecule has 21 heavy (non-hydrogen) atoms. The molecule has 0 spiro atoms. The van der Waals surface area contributed by atoms with E-state index in [0.29, 0.717) is 6.54 Å². The van der Waals surface area contributed by atoms with Crippen molar-refractivity contribution in [2.75, 3.05) is 13.7 Å². The van der Waals surface area contributed by atoms with Crippen molar-refractivity contribution in [2.24, 2.45) is 0 Å². The Hall–Kier alpha value is -1.71. The van der Waals surface area contributed by atoms with E-state index in [2.05, 4.69) is 26.1 Å². The minimum absolute atomic E-state index is 0.00740. The zero-order valence-electron chi connectivity index (χ0n) is 13.7. The lowest BCUT2D eigenvalue weighted by atomic mass is 10.2. The first-order chi connectivity index (χ1) is 10.1. The SMILES string of the molecule is CCCCCN(C(=O)NCc1ccccc1OC)C(C)C. The van der Waals surface area contributed by atoms with Gasteiger partial charge in [0, 0.05) is 24.7 Å². The fourth-order valence-electron chi connectivity index (χ4n) is 2.25. The number of methoxy groups -OCH3 is 1. The summed E-state index contributed by atoms with van der Waals surface area (Å²) in [5.41, 5.74) is 0.991. The van der Waals surface area contributed by atoms with Crippen LogP contribution >= 0.6 is 0 Å². The van der Waals surface area contributed by atoms with Crippen molar-refractivity contribution >= 4 is 6.03 Å². The summed E-state index contributed by atoms with van der Waals surface area (Å²) in [4.78, 5) is 14.2. The van der Waals surface area contributed by atoms with Gasteiger partial charge in [-0.15, -0.1) is 0 Å². The monoisotopic (exact) mass is 292 g/mol. The Labute approximate surface area is 128 Å². The Kier molecular flexibility index (Phi) is 7.65. The van der Waals surface area contributed by atoms with Crippen LogP contribution in [0.5, 0.6) is 5.75 Å². The fourth-order valence-corrected chi connectivity index (χ4v) is 2.25. The number of carbonyl (C=O) groups excluding carboxylic acids is 1. The molecular weight excluding hydrogens is 264 g/mol. The summed E-state index contributed by atoms with van der Waals surface area (Å²) in [5, 5.41) is 2.99. The molecule has 0 fully saturated rings. The Morgan fingerprint density at radius 3 is 2.62 bits per heavy atom. The first kappa shape index (κ1) is 17.3. The van der Waals surface area contributed by atoms with Gasteiger partial charge in [-0.1, -0.05) is 38.0 Å². The van der Waals surface area contributed by atoms with Gasteiger partial charge < -0.3 is 15.0 Å². The molecule has 0 unspecified atom stereocenters. The second-order valence-corrected chi connectivity index (χ2v) is 5.46. The molecule has 0 aliphatic heterocycles. The smallest absolute Gasteiger partial charge is 0.317 e. The van der Waals surface area contributed by atoms with E-state index in [4.69, 9.17) is 4.74 Å². The van der Waals surface area contributed by atoms with E-state index in [-0.39, 0.29) is 12.1 Å². The highest BCUT2D eigenvalue weighted by molar-refractivity contribution is 5.74. The topological polar surface area (TPSA) is 41.6 Å². The van der Waals surface area contributed by atoms with Crippen LogP contribution in [-0.2, 0) is 6.54 Å². The molecule has 4 heteroatoms. The average Bonchev–Trinajstić information content (AvgIpc) is 2.49. The fraction of sp³-hybridized carbons (Fsp3) is 0.588. The number of hydrogen-bond donors (Lipinski definition) is 1. The number of urea groups is 1. The standard InChI is InChI=1S/C17H28N2O2/c1-5-6-9-12-19(14(2)3)17(20)18-13-15-10-7-8-11-16(15)21-4/h7-8,10-11,14H,5-6,9,12-13H2,1-4H3,(H,18,20). The zero-order valence-corrected chi connectivity index (χ0v) is 13.7. The molecule has 0 aliphatic rings. The molecule has 0 radical (unpaired) electrons. The number of carbonyl (C=O) groups is 1. The van der Waals surface area contributed by atoms with Gasteiger partial charge in [-0.05, 0) is 26.3 Å². The van der Waals surface area contributed by atoms with Crippen molar-refractivity contribution in [3.8, 4) is 5.75 Å². The molecule has 0 aromatic heterocycles. The third kappa shape index (κ3) is 5.66. The van der Waals surface area contributed by atoms with Crippen molar-refractivity contribution in [2.45, 2.75) is 52.6 Å². The van der Waals surface area contributed by atoms with Crippen molar-refractivity contribution in [3.63, 3.8) is 0 Å². The minimum atomic E-state index is -0.00740. The molecule has 1 N–H and O–H groups in total. The summed E-state index contributed by atoms with van der Waals surface area (Å²) in [5.74, 6) is 0.805. The highest BCUT2D eigenvalue weighted by Gasteiger charge is 2.16. The van der Waals surface area contributed by atoms with E-state index < -0.39 is 0 Å². The lowest BCUT2D eigenvalue weighted by Gasteiger charge is -2.27. The van der Waals surface area contributed by atoms with Crippen LogP contribution < -0.4 is 10.1 Å². The van der Waals surface area contributed by atoms with Gasteiger partial charge in [0.1, 0.15) is 5.75 Å². The molecule has 1 aromatic rings. The van der Waals surface area contributed by atoms with Crippen LogP contribution in [-0.4, -0.2) is 30.6 Å². The summed E-state index contributed by atoms with van der Waals surface area (Å²) in [6.45, 7) is 7.56. The molecule has 0 heterocycles. The summed E-state index contributed by atoms with van der Waals surface area (Å²) in [7, 11) is 1.64. The third-order valence-electron chi connectivity index (χ3n) is 3.51. The van der Waals surface area contributed by atoms with Crippen LogP contribution in [0.4, 0.5) is 4.79 Å². The van der Waals surface area contributed by atoms with E-state index in [1.54, 1.807) is 7.11 Å². The number of benzene rings is 1. The van der Waals surface area contributed by atoms with Gasteiger partial charge in [0.2, 0.25) is 0 Å². The predicted molar refractivity (Wildman–Crippen MR) is 86.6 cm³/mol. The van der Waals surface area contributed by atoms with Crippen molar-refractivity contribution in [1.29, 1.82) is 0 Å². The van der Waals surface area contributed by atoms with Gasteiger partial charge in [0.15, 0.2) is 0 Å². The maximum absolute atomic E-state index is 12.3. The van der Waals surface area contributed by atoms with Crippen LogP contribution in [0.2, 0.25) is 0 Å². The first-order valence-electron chi connectivity index (χ1n) is 7.76. The van der Waals surface area contributed by atoms with E-state index in [9.17, 15) is 4.79 Å². The Morgan fingerprint density at radius 2 is 2.00 bits per heavy atom. The van der Waals surface area contributed by atoms with Crippen molar-refractivity contribution in [3.05, 3.63) is 29.8 Å². The molecule has 0 saturated carbocycles. The molecule has 0 aliphatic carbocycles. The van der Waals surface area contributed by atoms with Gasteiger partial charge >= 0.3 is 6.03 Å². The molecular formula is C17H28N2O2. The van der Waals surface area contributed by atoms with Crippen LogP contribution in [0.1, 0.15) is 45.6 Å². The second kappa shape index (κ2) is 9.27. The second-order valence-electron chi connectivity index (χ2n) is 5.46.